The lowest BCUT2D eigenvalue weighted by Crippen LogP contribution is -2.27. The molecule has 1 aliphatic rings. The van der Waals surface area contributed by atoms with Crippen LogP contribution in [0.3, 0.4) is 0 Å². The van der Waals surface area contributed by atoms with Crippen LogP contribution < -0.4 is 14.8 Å². The first kappa shape index (κ1) is 16.0. The van der Waals surface area contributed by atoms with Crippen molar-refractivity contribution in [2.45, 2.75) is 11.3 Å². The minimum Gasteiger partial charge on any atom is -0.493 e. The van der Waals surface area contributed by atoms with Crippen LogP contribution in [0.5, 0.6) is 11.5 Å². The lowest BCUT2D eigenvalue weighted by Gasteiger charge is -2.09. The average Bonchev–Trinajstić information content (AvgIpc) is 2.99. The highest BCUT2D eigenvalue weighted by Crippen LogP contribution is 2.31. The lowest BCUT2D eigenvalue weighted by atomic mass is 10.3. The number of ether oxygens (including phenoxy) is 2. The van der Waals surface area contributed by atoms with Gasteiger partial charge in [0, 0.05) is 22.8 Å². The van der Waals surface area contributed by atoms with E-state index in [0.717, 1.165) is 22.4 Å². The van der Waals surface area contributed by atoms with E-state index in [0.29, 0.717) is 23.7 Å². The van der Waals surface area contributed by atoms with Crippen LogP contribution in [0.1, 0.15) is 6.42 Å². The number of carbonyl (C=O) groups excluding carboxylic acids is 1. The molecule has 114 valence electrons. The first-order chi connectivity index (χ1) is 10.2. The summed E-state index contributed by atoms with van der Waals surface area (Å²) in [5.41, 5.74) is 0. The van der Waals surface area contributed by atoms with Gasteiger partial charge in [-0.3, -0.25) is 9.79 Å². The third-order valence-electron chi connectivity index (χ3n) is 2.78. The molecule has 2 rings (SSSR count). The van der Waals surface area contributed by atoms with E-state index in [2.05, 4.69) is 10.3 Å². The molecule has 5 nitrogen and oxygen atoms in total. The highest BCUT2D eigenvalue weighted by molar-refractivity contribution is 8.14. The van der Waals surface area contributed by atoms with E-state index in [1.54, 1.807) is 37.7 Å². The summed E-state index contributed by atoms with van der Waals surface area (Å²) in [7, 11) is 3.22. The number of hydrogen-bond acceptors (Lipinski definition) is 6. The first-order valence-corrected chi connectivity index (χ1v) is 8.52. The maximum atomic E-state index is 11.7. The van der Waals surface area contributed by atoms with Crippen molar-refractivity contribution in [1.29, 1.82) is 0 Å². The van der Waals surface area contributed by atoms with E-state index in [1.165, 1.54) is 0 Å². The van der Waals surface area contributed by atoms with E-state index < -0.39 is 0 Å². The minimum absolute atomic E-state index is 0.0103. The molecule has 1 aliphatic heterocycles. The SMILES string of the molecule is COc1ccc(SCCC(=O)NC2=NCCS2)cc1OC. The summed E-state index contributed by atoms with van der Waals surface area (Å²) in [6, 6.07) is 5.74. The Hall–Kier alpha value is -1.34. The third-order valence-corrected chi connectivity index (χ3v) is 4.67. The van der Waals surface area contributed by atoms with E-state index in [1.807, 2.05) is 18.2 Å². The molecule has 1 N–H and O–H groups in total. The van der Waals surface area contributed by atoms with E-state index in [-0.39, 0.29) is 5.91 Å². The van der Waals surface area contributed by atoms with E-state index in [9.17, 15) is 4.79 Å². The number of amides is 1. The van der Waals surface area contributed by atoms with Gasteiger partial charge in [-0.1, -0.05) is 11.8 Å². The Balaban J connectivity index is 1.78. The van der Waals surface area contributed by atoms with Crippen LogP contribution >= 0.6 is 23.5 Å². The molecule has 0 bridgehead atoms. The fraction of sp³-hybridized carbons (Fsp3) is 0.429. The molecule has 1 aromatic carbocycles. The van der Waals surface area contributed by atoms with Gasteiger partial charge in [0.25, 0.3) is 0 Å². The maximum absolute atomic E-state index is 11.7. The number of methoxy groups -OCH3 is 2. The Morgan fingerprint density at radius 2 is 2.19 bits per heavy atom. The summed E-state index contributed by atoms with van der Waals surface area (Å²) in [5, 5.41) is 3.57. The van der Waals surface area contributed by atoms with Gasteiger partial charge in [0.2, 0.25) is 5.91 Å². The third kappa shape index (κ3) is 4.86. The lowest BCUT2D eigenvalue weighted by molar-refractivity contribution is -0.119. The summed E-state index contributed by atoms with van der Waals surface area (Å²) in [6.45, 7) is 0.792. The molecule has 0 aromatic heterocycles. The van der Waals surface area contributed by atoms with Crippen molar-refractivity contribution in [3.63, 3.8) is 0 Å². The van der Waals surface area contributed by atoms with Crippen LogP contribution in [-0.2, 0) is 4.79 Å². The Labute approximate surface area is 132 Å². The number of amidine groups is 1. The summed E-state index contributed by atoms with van der Waals surface area (Å²) in [6.07, 6.45) is 0.457. The molecule has 0 atom stereocenters. The average molecular weight is 326 g/mol. The molecule has 0 fully saturated rings. The van der Waals surface area contributed by atoms with E-state index in [4.69, 9.17) is 9.47 Å². The minimum atomic E-state index is 0.0103. The molecule has 1 heterocycles. The monoisotopic (exact) mass is 326 g/mol. The second-order valence-corrected chi connectivity index (χ2v) is 6.45. The smallest absolute Gasteiger partial charge is 0.226 e. The largest absolute Gasteiger partial charge is 0.493 e. The summed E-state index contributed by atoms with van der Waals surface area (Å²) >= 11 is 3.20. The Morgan fingerprint density at radius 3 is 2.86 bits per heavy atom. The Morgan fingerprint density at radius 1 is 1.38 bits per heavy atom. The first-order valence-electron chi connectivity index (χ1n) is 6.55. The molecule has 0 unspecified atom stereocenters. The number of hydrogen-bond donors (Lipinski definition) is 1. The fourth-order valence-corrected chi connectivity index (χ4v) is 3.38. The molecule has 0 spiro atoms. The molecular weight excluding hydrogens is 308 g/mol. The maximum Gasteiger partial charge on any atom is 0.226 e. The van der Waals surface area contributed by atoms with Crippen molar-refractivity contribution in [1.82, 2.24) is 5.32 Å². The molecule has 0 radical (unpaired) electrons. The van der Waals surface area contributed by atoms with Gasteiger partial charge in [-0.05, 0) is 18.2 Å². The fourth-order valence-electron chi connectivity index (χ4n) is 1.76. The normalized spacial score (nSPS) is 13.7. The molecular formula is C14H18N2O3S2. The number of aliphatic imine (C=N–C) groups is 1. The molecule has 7 heteroatoms. The number of rotatable bonds is 6. The van der Waals surface area contributed by atoms with Gasteiger partial charge in [-0.15, -0.1) is 11.8 Å². The number of nitrogens with one attached hydrogen (secondary N) is 1. The summed E-state index contributed by atoms with van der Waals surface area (Å²) in [5.74, 6) is 3.07. The van der Waals surface area contributed by atoms with Gasteiger partial charge >= 0.3 is 0 Å². The molecule has 0 aliphatic carbocycles. The molecule has 1 amide bonds. The Kier molecular flexibility index (Phi) is 6.25. The predicted molar refractivity (Wildman–Crippen MR) is 87.8 cm³/mol. The molecule has 0 saturated carbocycles. The summed E-state index contributed by atoms with van der Waals surface area (Å²) in [4.78, 5) is 17.0. The van der Waals surface area contributed by atoms with Crippen LogP contribution in [0, 0.1) is 0 Å². The van der Waals surface area contributed by atoms with Crippen molar-refractivity contribution in [2.75, 3.05) is 32.3 Å². The number of benzene rings is 1. The highest BCUT2D eigenvalue weighted by atomic mass is 32.2. The van der Waals surface area contributed by atoms with Crippen molar-refractivity contribution < 1.29 is 14.3 Å². The topological polar surface area (TPSA) is 59.9 Å². The highest BCUT2D eigenvalue weighted by Gasteiger charge is 2.11. The number of carbonyl (C=O) groups is 1. The van der Waals surface area contributed by atoms with Gasteiger partial charge in [0.1, 0.15) is 0 Å². The van der Waals surface area contributed by atoms with E-state index >= 15 is 0 Å². The van der Waals surface area contributed by atoms with Gasteiger partial charge in [0.05, 0.1) is 20.8 Å². The van der Waals surface area contributed by atoms with Crippen molar-refractivity contribution in [3.8, 4) is 11.5 Å². The Bertz CT molecular complexity index is 535. The van der Waals surface area contributed by atoms with Crippen molar-refractivity contribution >= 4 is 34.6 Å². The van der Waals surface area contributed by atoms with Crippen LogP contribution in [0.4, 0.5) is 0 Å². The van der Waals surface area contributed by atoms with Gasteiger partial charge in [0.15, 0.2) is 16.7 Å². The second-order valence-electron chi connectivity index (χ2n) is 4.20. The second kappa shape index (κ2) is 8.19. The zero-order valence-electron chi connectivity index (χ0n) is 12.0. The van der Waals surface area contributed by atoms with Gasteiger partial charge < -0.3 is 14.8 Å². The van der Waals surface area contributed by atoms with Gasteiger partial charge in [-0.2, -0.15) is 0 Å². The van der Waals surface area contributed by atoms with Crippen molar-refractivity contribution in [3.05, 3.63) is 18.2 Å². The quantitative estimate of drug-likeness (QED) is 0.814. The standard InChI is InChI=1S/C14H18N2O3S2/c1-18-11-4-3-10(9-12(11)19-2)20-7-5-13(17)16-14-15-6-8-21-14/h3-4,9H,5-8H2,1-2H3,(H,15,16,17). The number of nitrogens with zero attached hydrogens (tertiary/aromatic N) is 1. The van der Waals surface area contributed by atoms with Crippen LogP contribution in [0.25, 0.3) is 0 Å². The molecule has 1 aromatic rings. The molecule has 21 heavy (non-hydrogen) atoms. The van der Waals surface area contributed by atoms with Crippen LogP contribution in [-0.4, -0.2) is 43.3 Å². The molecule has 0 saturated heterocycles. The van der Waals surface area contributed by atoms with Crippen LogP contribution in [0.2, 0.25) is 0 Å². The summed E-state index contributed by atoms with van der Waals surface area (Å²) < 4.78 is 10.5. The van der Waals surface area contributed by atoms with Crippen LogP contribution in [0.15, 0.2) is 28.1 Å². The predicted octanol–water partition coefficient (Wildman–Crippen LogP) is 2.41. The zero-order chi connectivity index (χ0) is 15.1. The van der Waals surface area contributed by atoms with Gasteiger partial charge in [-0.25, -0.2) is 0 Å². The zero-order valence-corrected chi connectivity index (χ0v) is 13.7. The number of thioether (sulfide) groups is 2. The van der Waals surface area contributed by atoms with Crippen molar-refractivity contribution in [2.24, 2.45) is 4.99 Å².